The van der Waals surface area contributed by atoms with E-state index < -0.39 is 10.7 Å². The van der Waals surface area contributed by atoms with E-state index in [0.29, 0.717) is 11.1 Å². The molecule has 2 aromatic rings. The zero-order chi connectivity index (χ0) is 15.4. The van der Waals surface area contributed by atoms with E-state index >= 15 is 0 Å². The quantitative estimate of drug-likeness (QED) is 0.675. The fraction of sp³-hybridized carbons (Fsp3) is 0.267. The molecule has 0 aliphatic heterocycles. The average Bonchev–Trinajstić information content (AvgIpc) is 2.47. The van der Waals surface area contributed by atoms with Gasteiger partial charge in [0.1, 0.15) is 5.82 Å². The highest BCUT2D eigenvalue weighted by molar-refractivity contribution is 5.41. The number of nitrogens with one attached hydrogen (secondary N) is 1. The van der Waals surface area contributed by atoms with Gasteiger partial charge in [0, 0.05) is 29.9 Å². The molecule has 1 N–H and O–H groups in total. The zero-order valence-electron chi connectivity index (χ0n) is 11.8. The second-order valence-electron chi connectivity index (χ2n) is 4.86. The van der Waals surface area contributed by atoms with Gasteiger partial charge < -0.3 is 5.32 Å². The van der Waals surface area contributed by atoms with Crippen LogP contribution in [0.4, 0.5) is 10.1 Å². The molecule has 2 rings (SSSR count). The van der Waals surface area contributed by atoms with Crippen molar-refractivity contribution in [1.29, 1.82) is 0 Å². The van der Waals surface area contributed by atoms with Crippen LogP contribution in [0, 0.1) is 15.9 Å². The number of hydrogen-bond acceptors (Lipinski definition) is 4. The minimum Gasteiger partial charge on any atom is -0.303 e. The zero-order valence-corrected chi connectivity index (χ0v) is 11.8. The van der Waals surface area contributed by atoms with Crippen LogP contribution in [0.5, 0.6) is 0 Å². The fourth-order valence-electron chi connectivity index (χ4n) is 2.25. The van der Waals surface area contributed by atoms with Crippen LogP contribution in [0.25, 0.3) is 0 Å². The average molecular weight is 289 g/mol. The predicted molar refractivity (Wildman–Crippen MR) is 77.3 cm³/mol. The van der Waals surface area contributed by atoms with Gasteiger partial charge in [0.25, 0.3) is 5.69 Å². The van der Waals surface area contributed by atoms with Crippen LogP contribution in [0.3, 0.4) is 0 Å². The molecule has 1 aromatic heterocycles. The van der Waals surface area contributed by atoms with Gasteiger partial charge in [-0.05, 0) is 25.5 Å². The van der Waals surface area contributed by atoms with Gasteiger partial charge in [-0.2, -0.15) is 0 Å². The first kappa shape index (κ1) is 15.1. The van der Waals surface area contributed by atoms with Crippen molar-refractivity contribution < 1.29 is 9.31 Å². The van der Waals surface area contributed by atoms with Crippen molar-refractivity contribution in [1.82, 2.24) is 10.3 Å². The molecular weight excluding hydrogens is 273 g/mol. The molecular formula is C15H16FN3O2. The van der Waals surface area contributed by atoms with E-state index in [1.165, 1.54) is 12.1 Å². The normalized spacial score (nSPS) is 13.7. The van der Waals surface area contributed by atoms with E-state index in [1.54, 1.807) is 24.4 Å². The molecule has 1 aromatic carbocycles. The van der Waals surface area contributed by atoms with E-state index in [-0.39, 0.29) is 17.8 Å². The molecule has 1 heterocycles. The Bertz CT molecular complexity index is 648. The highest BCUT2D eigenvalue weighted by atomic mass is 19.1. The standard InChI is InChI=1S/C15H16FN3O2/c1-10(12-7-13(16)9-17-8-12)18-11(2)14-5-3-4-6-15(14)19(20)21/h3-11,18H,1-2H3. The minimum atomic E-state index is -0.403. The summed E-state index contributed by atoms with van der Waals surface area (Å²) in [6, 6.07) is 7.56. The Balaban J connectivity index is 2.18. The van der Waals surface area contributed by atoms with Crippen LogP contribution in [0.15, 0.2) is 42.7 Å². The van der Waals surface area contributed by atoms with Gasteiger partial charge in [-0.15, -0.1) is 0 Å². The maximum absolute atomic E-state index is 13.2. The van der Waals surface area contributed by atoms with Crippen molar-refractivity contribution in [3.63, 3.8) is 0 Å². The molecule has 2 atom stereocenters. The summed E-state index contributed by atoms with van der Waals surface area (Å²) in [5.41, 5.74) is 1.36. The summed E-state index contributed by atoms with van der Waals surface area (Å²) in [5.74, 6) is -0.403. The number of halogens is 1. The third-order valence-corrected chi connectivity index (χ3v) is 3.33. The summed E-state index contributed by atoms with van der Waals surface area (Å²) in [6.07, 6.45) is 2.72. The van der Waals surface area contributed by atoms with Crippen molar-refractivity contribution in [3.05, 3.63) is 69.8 Å². The molecule has 0 spiro atoms. The van der Waals surface area contributed by atoms with Gasteiger partial charge in [0.05, 0.1) is 11.1 Å². The van der Waals surface area contributed by atoms with Crippen LogP contribution in [-0.2, 0) is 0 Å². The molecule has 0 aliphatic carbocycles. The van der Waals surface area contributed by atoms with Crippen LogP contribution >= 0.6 is 0 Å². The summed E-state index contributed by atoms with van der Waals surface area (Å²) in [5, 5.41) is 14.3. The Morgan fingerprint density at radius 3 is 2.62 bits per heavy atom. The van der Waals surface area contributed by atoms with Gasteiger partial charge in [-0.25, -0.2) is 4.39 Å². The monoisotopic (exact) mass is 289 g/mol. The van der Waals surface area contributed by atoms with Gasteiger partial charge in [0.2, 0.25) is 0 Å². The number of pyridine rings is 1. The van der Waals surface area contributed by atoms with Crippen LogP contribution in [-0.4, -0.2) is 9.91 Å². The van der Waals surface area contributed by atoms with Gasteiger partial charge in [-0.1, -0.05) is 18.2 Å². The van der Waals surface area contributed by atoms with Crippen molar-refractivity contribution in [2.45, 2.75) is 25.9 Å². The number of para-hydroxylation sites is 1. The lowest BCUT2D eigenvalue weighted by atomic mass is 10.0. The number of rotatable bonds is 5. The number of hydrogen-bond donors (Lipinski definition) is 1. The first-order chi connectivity index (χ1) is 9.99. The third-order valence-electron chi connectivity index (χ3n) is 3.33. The number of nitro groups is 1. The second kappa shape index (κ2) is 6.41. The topological polar surface area (TPSA) is 68.1 Å². The highest BCUT2D eigenvalue weighted by Gasteiger charge is 2.20. The molecule has 0 saturated carbocycles. The van der Waals surface area contributed by atoms with Crippen molar-refractivity contribution in [3.8, 4) is 0 Å². The molecule has 0 amide bonds. The predicted octanol–water partition coefficient (Wildman–Crippen LogP) is 3.54. The van der Waals surface area contributed by atoms with E-state index in [4.69, 9.17) is 0 Å². The minimum absolute atomic E-state index is 0.0714. The summed E-state index contributed by atoms with van der Waals surface area (Å²) in [4.78, 5) is 14.5. The molecule has 5 nitrogen and oxygen atoms in total. The Morgan fingerprint density at radius 2 is 1.95 bits per heavy atom. The molecule has 21 heavy (non-hydrogen) atoms. The maximum Gasteiger partial charge on any atom is 0.274 e. The SMILES string of the molecule is CC(NC(C)c1ccccc1[N+](=O)[O-])c1cncc(F)c1. The van der Waals surface area contributed by atoms with Crippen molar-refractivity contribution in [2.24, 2.45) is 0 Å². The maximum atomic E-state index is 13.2. The highest BCUT2D eigenvalue weighted by Crippen LogP contribution is 2.26. The Hall–Kier alpha value is -2.34. The van der Waals surface area contributed by atoms with Crippen molar-refractivity contribution in [2.75, 3.05) is 0 Å². The Kier molecular flexibility index (Phi) is 4.59. The number of aromatic nitrogens is 1. The molecule has 0 radical (unpaired) electrons. The number of nitro benzene ring substituents is 1. The van der Waals surface area contributed by atoms with E-state index in [1.807, 2.05) is 13.8 Å². The third kappa shape index (κ3) is 3.61. The number of benzene rings is 1. The molecule has 0 fully saturated rings. The van der Waals surface area contributed by atoms with Gasteiger partial charge in [-0.3, -0.25) is 15.1 Å². The lowest BCUT2D eigenvalue weighted by Crippen LogP contribution is -2.23. The largest absolute Gasteiger partial charge is 0.303 e. The van der Waals surface area contributed by atoms with Gasteiger partial charge in [0.15, 0.2) is 0 Å². The molecule has 110 valence electrons. The van der Waals surface area contributed by atoms with Crippen molar-refractivity contribution >= 4 is 5.69 Å². The Labute approximate surface area is 122 Å². The van der Waals surface area contributed by atoms with Crippen LogP contribution in [0.2, 0.25) is 0 Å². The molecule has 0 aliphatic rings. The smallest absolute Gasteiger partial charge is 0.274 e. The number of nitrogens with zero attached hydrogens (tertiary/aromatic N) is 2. The van der Waals surface area contributed by atoms with Gasteiger partial charge >= 0.3 is 0 Å². The summed E-state index contributed by atoms with van der Waals surface area (Å²) >= 11 is 0. The van der Waals surface area contributed by atoms with E-state index in [2.05, 4.69) is 10.3 Å². The van der Waals surface area contributed by atoms with E-state index in [9.17, 15) is 14.5 Å². The van der Waals surface area contributed by atoms with Crippen LogP contribution < -0.4 is 5.32 Å². The summed E-state index contributed by atoms with van der Waals surface area (Å²) in [6.45, 7) is 3.70. The lowest BCUT2D eigenvalue weighted by Gasteiger charge is -2.20. The first-order valence-corrected chi connectivity index (χ1v) is 6.59. The van der Waals surface area contributed by atoms with E-state index in [0.717, 1.165) is 6.20 Å². The fourth-order valence-corrected chi connectivity index (χ4v) is 2.25. The lowest BCUT2D eigenvalue weighted by molar-refractivity contribution is -0.385. The van der Waals surface area contributed by atoms with Crippen LogP contribution in [0.1, 0.15) is 37.1 Å². The summed E-state index contributed by atoms with van der Waals surface area (Å²) in [7, 11) is 0. The molecule has 6 heteroatoms. The summed E-state index contributed by atoms with van der Waals surface area (Å²) < 4.78 is 13.2. The molecule has 2 unspecified atom stereocenters. The molecule has 0 bridgehead atoms. The first-order valence-electron chi connectivity index (χ1n) is 6.59. The molecule has 0 saturated heterocycles. The second-order valence-corrected chi connectivity index (χ2v) is 4.86. The Morgan fingerprint density at radius 1 is 1.24 bits per heavy atom.